The average Bonchev–Trinajstić information content (AvgIpc) is 2.99. The van der Waals surface area contributed by atoms with Crippen molar-refractivity contribution in [2.75, 3.05) is 19.6 Å². The first-order valence-corrected chi connectivity index (χ1v) is 6.41. The van der Waals surface area contributed by atoms with Gasteiger partial charge >= 0.3 is 0 Å². The highest BCUT2D eigenvalue weighted by atomic mass is 15.1. The van der Waals surface area contributed by atoms with Crippen molar-refractivity contribution < 1.29 is 0 Å². The molecule has 1 aliphatic carbocycles. The predicted octanol–water partition coefficient (Wildman–Crippen LogP) is 3.15. The van der Waals surface area contributed by atoms with Gasteiger partial charge in [-0.1, -0.05) is 20.8 Å². The lowest BCUT2D eigenvalue weighted by Crippen LogP contribution is -2.37. The monoisotopic (exact) mass is 195 g/mol. The van der Waals surface area contributed by atoms with E-state index in [4.69, 9.17) is 0 Å². The Morgan fingerprint density at radius 3 is 2.14 bits per heavy atom. The fraction of sp³-hybridized carbons (Fsp3) is 1.00. The second-order valence-electron chi connectivity index (χ2n) is 5.60. The van der Waals surface area contributed by atoms with Crippen LogP contribution in [-0.2, 0) is 0 Å². The molecule has 0 N–H and O–H groups in total. The SMILES string of the molecule is CCN1CCC(C2(C(C)C)CC2)CC1. The van der Waals surface area contributed by atoms with Crippen LogP contribution < -0.4 is 0 Å². The van der Waals surface area contributed by atoms with E-state index in [1.165, 1.54) is 45.3 Å². The van der Waals surface area contributed by atoms with Crippen molar-refractivity contribution in [3.8, 4) is 0 Å². The van der Waals surface area contributed by atoms with Crippen LogP contribution in [0.4, 0.5) is 0 Å². The maximum Gasteiger partial charge on any atom is -0.00160 e. The first-order chi connectivity index (χ1) is 6.69. The summed E-state index contributed by atoms with van der Waals surface area (Å²) in [6.07, 6.45) is 5.96. The van der Waals surface area contributed by atoms with Gasteiger partial charge < -0.3 is 4.90 Å². The van der Waals surface area contributed by atoms with E-state index in [-0.39, 0.29) is 0 Å². The molecule has 0 bridgehead atoms. The maximum atomic E-state index is 2.60. The van der Waals surface area contributed by atoms with E-state index in [1.807, 2.05) is 0 Å². The van der Waals surface area contributed by atoms with E-state index < -0.39 is 0 Å². The van der Waals surface area contributed by atoms with Crippen molar-refractivity contribution in [2.45, 2.75) is 46.5 Å². The van der Waals surface area contributed by atoms with Crippen molar-refractivity contribution >= 4 is 0 Å². The van der Waals surface area contributed by atoms with Crippen molar-refractivity contribution in [3.05, 3.63) is 0 Å². The Hall–Kier alpha value is -0.0400. The summed E-state index contributed by atoms with van der Waals surface area (Å²) in [5, 5.41) is 0. The third-order valence-electron chi connectivity index (χ3n) is 4.83. The van der Waals surface area contributed by atoms with Crippen LogP contribution in [0.3, 0.4) is 0 Å². The lowest BCUT2D eigenvalue weighted by molar-refractivity contribution is 0.114. The van der Waals surface area contributed by atoms with Crippen LogP contribution in [0, 0.1) is 17.3 Å². The average molecular weight is 195 g/mol. The van der Waals surface area contributed by atoms with Gasteiger partial charge in [0, 0.05) is 0 Å². The number of nitrogens with zero attached hydrogens (tertiary/aromatic N) is 1. The van der Waals surface area contributed by atoms with Crippen LogP contribution in [0.5, 0.6) is 0 Å². The highest BCUT2D eigenvalue weighted by Gasteiger charge is 2.51. The highest BCUT2D eigenvalue weighted by molar-refractivity contribution is 5.01. The molecule has 14 heavy (non-hydrogen) atoms. The third kappa shape index (κ3) is 1.71. The fourth-order valence-electron chi connectivity index (χ4n) is 3.43. The Morgan fingerprint density at radius 1 is 1.21 bits per heavy atom. The molecule has 0 amide bonds. The van der Waals surface area contributed by atoms with E-state index in [1.54, 1.807) is 0 Å². The van der Waals surface area contributed by atoms with Crippen LogP contribution in [0.15, 0.2) is 0 Å². The third-order valence-corrected chi connectivity index (χ3v) is 4.83. The molecule has 1 saturated heterocycles. The molecule has 0 atom stereocenters. The van der Waals surface area contributed by atoms with Gasteiger partial charge in [0.25, 0.3) is 0 Å². The molecule has 2 aliphatic rings. The number of likely N-dealkylation sites (tertiary alicyclic amines) is 1. The molecule has 1 heterocycles. The van der Waals surface area contributed by atoms with Gasteiger partial charge in [-0.25, -0.2) is 0 Å². The molecule has 0 aromatic rings. The summed E-state index contributed by atoms with van der Waals surface area (Å²) in [6.45, 7) is 11.1. The van der Waals surface area contributed by atoms with Crippen LogP contribution in [0.2, 0.25) is 0 Å². The second kappa shape index (κ2) is 3.84. The standard InChI is InChI=1S/C13H25N/c1-4-14-9-5-12(6-10-14)13(7-8-13)11(2)3/h11-12H,4-10H2,1-3H3. The molecule has 0 aromatic carbocycles. The fourth-order valence-corrected chi connectivity index (χ4v) is 3.43. The van der Waals surface area contributed by atoms with Crippen molar-refractivity contribution in [1.82, 2.24) is 4.90 Å². The lowest BCUT2D eigenvalue weighted by atomic mass is 9.75. The summed E-state index contributed by atoms with van der Waals surface area (Å²) in [7, 11) is 0. The minimum Gasteiger partial charge on any atom is -0.304 e. The summed E-state index contributed by atoms with van der Waals surface area (Å²) in [4.78, 5) is 2.60. The van der Waals surface area contributed by atoms with Gasteiger partial charge in [0.1, 0.15) is 0 Å². The van der Waals surface area contributed by atoms with Crippen molar-refractivity contribution in [3.63, 3.8) is 0 Å². The summed E-state index contributed by atoms with van der Waals surface area (Å²) in [5.41, 5.74) is 0.778. The van der Waals surface area contributed by atoms with Gasteiger partial charge in [-0.05, 0) is 62.6 Å². The Kier molecular flexibility index (Phi) is 2.88. The van der Waals surface area contributed by atoms with E-state index >= 15 is 0 Å². The number of rotatable bonds is 3. The molecule has 1 nitrogen and oxygen atoms in total. The molecular weight excluding hydrogens is 170 g/mol. The van der Waals surface area contributed by atoms with Crippen molar-refractivity contribution in [2.24, 2.45) is 17.3 Å². The minimum atomic E-state index is 0.778. The summed E-state index contributed by atoms with van der Waals surface area (Å²) in [6, 6.07) is 0. The second-order valence-corrected chi connectivity index (χ2v) is 5.60. The van der Waals surface area contributed by atoms with Crippen LogP contribution >= 0.6 is 0 Å². The Bertz CT molecular complexity index is 185. The predicted molar refractivity (Wildman–Crippen MR) is 61.3 cm³/mol. The molecule has 82 valence electrons. The Balaban J connectivity index is 1.89. The maximum absolute atomic E-state index is 2.60. The van der Waals surface area contributed by atoms with Crippen LogP contribution in [0.25, 0.3) is 0 Å². The molecule has 1 heteroatoms. The molecule has 0 aromatic heterocycles. The van der Waals surface area contributed by atoms with Gasteiger partial charge in [0.2, 0.25) is 0 Å². The molecule has 0 radical (unpaired) electrons. The summed E-state index contributed by atoms with van der Waals surface area (Å²) >= 11 is 0. The molecule has 2 fully saturated rings. The van der Waals surface area contributed by atoms with E-state index in [9.17, 15) is 0 Å². The summed E-state index contributed by atoms with van der Waals surface area (Å²) in [5.74, 6) is 1.96. The quantitative estimate of drug-likeness (QED) is 0.668. The topological polar surface area (TPSA) is 3.24 Å². The van der Waals surface area contributed by atoms with Gasteiger partial charge in [-0.15, -0.1) is 0 Å². The van der Waals surface area contributed by atoms with Gasteiger partial charge in [0.05, 0.1) is 0 Å². The normalized spacial score (nSPS) is 28.3. The van der Waals surface area contributed by atoms with Crippen LogP contribution in [0.1, 0.15) is 46.5 Å². The number of piperidine rings is 1. The van der Waals surface area contributed by atoms with Crippen LogP contribution in [-0.4, -0.2) is 24.5 Å². The largest absolute Gasteiger partial charge is 0.304 e. The Labute approximate surface area is 88.9 Å². The number of hydrogen-bond donors (Lipinski definition) is 0. The smallest absolute Gasteiger partial charge is 0.00160 e. The van der Waals surface area contributed by atoms with Gasteiger partial charge in [-0.3, -0.25) is 0 Å². The zero-order valence-corrected chi connectivity index (χ0v) is 10.1. The van der Waals surface area contributed by atoms with Crippen molar-refractivity contribution in [1.29, 1.82) is 0 Å². The lowest BCUT2D eigenvalue weighted by Gasteiger charge is -2.37. The summed E-state index contributed by atoms with van der Waals surface area (Å²) < 4.78 is 0. The minimum absolute atomic E-state index is 0.778. The molecule has 0 unspecified atom stereocenters. The molecular formula is C13H25N. The zero-order valence-electron chi connectivity index (χ0n) is 10.1. The molecule has 2 rings (SSSR count). The Morgan fingerprint density at radius 2 is 1.79 bits per heavy atom. The van der Waals surface area contributed by atoms with Gasteiger partial charge in [0.15, 0.2) is 0 Å². The first kappa shape index (κ1) is 10.5. The first-order valence-electron chi connectivity index (χ1n) is 6.41. The highest BCUT2D eigenvalue weighted by Crippen LogP contribution is 2.59. The molecule has 0 spiro atoms. The molecule has 1 saturated carbocycles. The molecule has 1 aliphatic heterocycles. The van der Waals surface area contributed by atoms with E-state index in [0.717, 1.165) is 17.3 Å². The number of hydrogen-bond acceptors (Lipinski definition) is 1. The van der Waals surface area contributed by atoms with E-state index in [2.05, 4.69) is 25.7 Å². The van der Waals surface area contributed by atoms with E-state index in [0.29, 0.717) is 0 Å². The van der Waals surface area contributed by atoms with Gasteiger partial charge in [-0.2, -0.15) is 0 Å². The zero-order chi connectivity index (χ0) is 10.2.